The number of rotatable bonds is 14. The third-order valence-electron chi connectivity index (χ3n) is 3.61. The third kappa shape index (κ3) is 16.8. The van der Waals surface area contributed by atoms with Crippen LogP contribution in [0.1, 0.15) is 64.7 Å². The van der Waals surface area contributed by atoms with Crippen molar-refractivity contribution in [1.82, 2.24) is 0 Å². The highest BCUT2D eigenvalue weighted by atomic mass is 16.5. The van der Waals surface area contributed by atoms with Crippen molar-refractivity contribution in [3.05, 3.63) is 48.6 Å². The van der Waals surface area contributed by atoms with E-state index in [1.54, 1.807) is 6.08 Å². The number of aliphatic hydroxyl groups is 1. The van der Waals surface area contributed by atoms with Gasteiger partial charge in [0.1, 0.15) is 0 Å². The maximum Gasteiger partial charge on any atom is 0.305 e. The average Bonchev–Trinajstić information content (AvgIpc) is 2.58. The van der Waals surface area contributed by atoms with Crippen molar-refractivity contribution in [1.29, 1.82) is 0 Å². The molecule has 0 aromatic carbocycles. The lowest BCUT2D eigenvalue weighted by Gasteiger charge is -2.03. The first-order chi connectivity index (χ1) is 11.7. The van der Waals surface area contributed by atoms with E-state index in [0.29, 0.717) is 19.3 Å². The van der Waals surface area contributed by atoms with E-state index >= 15 is 0 Å². The molecule has 0 fully saturated rings. The molecule has 0 aliphatic rings. The highest BCUT2D eigenvalue weighted by molar-refractivity contribution is 5.68. The van der Waals surface area contributed by atoms with Crippen LogP contribution in [0.2, 0.25) is 0 Å². The van der Waals surface area contributed by atoms with Crippen LogP contribution in [0.5, 0.6) is 0 Å². The molecular weight excluding hydrogens is 300 g/mol. The van der Waals surface area contributed by atoms with Crippen LogP contribution in [0.4, 0.5) is 0 Å². The number of hydrogen-bond acceptors (Lipinski definition) is 3. The molecule has 3 heteroatoms. The highest BCUT2D eigenvalue weighted by Crippen LogP contribution is 2.05. The van der Waals surface area contributed by atoms with E-state index < -0.39 is 6.10 Å². The summed E-state index contributed by atoms with van der Waals surface area (Å²) in [5.41, 5.74) is 0. The van der Waals surface area contributed by atoms with Crippen LogP contribution in [-0.2, 0) is 9.53 Å². The van der Waals surface area contributed by atoms with E-state index in [9.17, 15) is 9.90 Å². The molecule has 0 saturated heterocycles. The number of esters is 1. The van der Waals surface area contributed by atoms with E-state index in [4.69, 9.17) is 0 Å². The summed E-state index contributed by atoms with van der Waals surface area (Å²) in [6.07, 6.45) is 24.4. The predicted octanol–water partition coefficient (Wildman–Crippen LogP) is 5.28. The number of carbonyl (C=O) groups is 1. The zero-order valence-corrected chi connectivity index (χ0v) is 15.3. The van der Waals surface area contributed by atoms with Crippen molar-refractivity contribution in [3.63, 3.8) is 0 Å². The largest absolute Gasteiger partial charge is 0.469 e. The van der Waals surface area contributed by atoms with Gasteiger partial charge in [0.2, 0.25) is 0 Å². The molecule has 0 aliphatic carbocycles. The second kappa shape index (κ2) is 17.7. The molecule has 0 radical (unpaired) electrons. The molecule has 1 N–H and O–H groups in total. The zero-order valence-electron chi connectivity index (χ0n) is 15.3. The van der Waals surface area contributed by atoms with Crippen LogP contribution in [0.3, 0.4) is 0 Å². The molecule has 0 saturated carbocycles. The summed E-state index contributed by atoms with van der Waals surface area (Å²) in [5.74, 6) is -0.231. The molecule has 0 aliphatic heterocycles. The van der Waals surface area contributed by atoms with Gasteiger partial charge in [0.25, 0.3) is 0 Å². The van der Waals surface area contributed by atoms with Crippen molar-refractivity contribution in [2.75, 3.05) is 7.11 Å². The Morgan fingerprint density at radius 2 is 1.62 bits per heavy atom. The summed E-state index contributed by atoms with van der Waals surface area (Å²) >= 11 is 0. The van der Waals surface area contributed by atoms with E-state index in [0.717, 1.165) is 6.42 Å². The normalized spacial score (nSPS) is 13.6. The van der Waals surface area contributed by atoms with Crippen molar-refractivity contribution >= 4 is 5.97 Å². The Morgan fingerprint density at radius 1 is 0.958 bits per heavy atom. The third-order valence-corrected chi connectivity index (χ3v) is 3.61. The van der Waals surface area contributed by atoms with Crippen molar-refractivity contribution in [2.45, 2.75) is 70.8 Å². The smallest absolute Gasteiger partial charge is 0.305 e. The number of aliphatic hydroxyl groups excluding tert-OH is 1. The molecule has 0 bridgehead atoms. The number of unbranched alkanes of at least 4 members (excludes halogenated alkanes) is 5. The first-order valence-electron chi connectivity index (χ1n) is 9.12. The fraction of sp³-hybridized carbons (Fsp3) is 0.571. The minimum absolute atomic E-state index is 0.231. The first-order valence-corrected chi connectivity index (χ1v) is 9.12. The van der Waals surface area contributed by atoms with Gasteiger partial charge in [0, 0.05) is 6.42 Å². The maximum absolute atomic E-state index is 10.9. The Hall–Kier alpha value is -1.61. The van der Waals surface area contributed by atoms with E-state index in [1.165, 1.54) is 39.2 Å². The van der Waals surface area contributed by atoms with Crippen LogP contribution in [0, 0.1) is 0 Å². The SMILES string of the molecule is CCCCCCC/C=C/C=C/C=C\C=C\[C@@H](O)CCCC(=O)OC. The first kappa shape index (κ1) is 22.4. The fourth-order valence-corrected chi connectivity index (χ4v) is 2.14. The van der Waals surface area contributed by atoms with Crippen LogP contribution < -0.4 is 0 Å². The molecule has 24 heavy (non-hydrogen) atoms. The molecule has 0 unspecified atom stereocenters. The minimum Gasteiger partial charge on any atom is -0.469 e. The van der Waals surface area contributed by atoms with Crippen LogP contribution >= 0.6 is 0 Å². The summed E-state index contributed by atoms with van der Waals surface area (Å²) in [7, 11) is 1.37. The lowest BCUT2D eigenvalue weighted by molar-refractivity contribution is -0.140. The number of hydrogen-bond donors (Lipinski definition) is 1. The van der Waals surface area contributed by atoms with Crippen LogP contribution in [0.25, 0.3) is 0 Å². The molecule has 3 nitrogen and oxygen atoms in total. The van der Waals surface area contributed by atoms with Crippen LogP contribution in [0.15, 0.2) is 48.6 Å². The van der Waals surface area contributed by atoms with E-state index in [2.05, 4.69) is 23.8 Å². The van der Waals surface area contributed by atoms with E-state index in [-0.39, 0.29) is 5.97 Å². The Bertz CT molecular complexity index is 405. The molecule has 0 aromatic rings. The van der Waals surface area contributed by atoms with Gasteiger partial charge in [0.05, 0.1) is 13.2 Å². The summed E-state index contributed by atoms with van der Waals surface area (Å²) in [6, 6.07) is 0. The van der Waals surface area contributed by atoms with Crippen molar-refractivity contribution in [3.8, 4) is 0 Å². The van der Waals surface area contributed by atoms with Gasteiger partial charge in [-0.05, 0) is 25.7 Å². The predicted molar refractivity (Wildman–Crippen MR) is 102 cm³/mol. The second-order valence-electron chi connectivity index (χ2n) is 5.82. The van der Waals surface area contributed by atoms with Crippen molar-refractivity contribution in [2.24, 2.45) is 0 Å². The van der Waals surface area contributed by atoms with Gasteiger partial charge in [-0.3, -0.25) is 4.79 Å². The van der Waals surface area contributed by atoms with Gasteiger partial charge in [-0.1, -0.05) is 81.2 Å². The Morgan fingerprint density at radius 3 is 2.33 bits per heavy atom. The quantitative estimate of drug-likeness (QED) is 0.267. The average molecular weight is 335 g/mol. The summed E-state index contributed by atoms with van der Waals surface area (Å²) < 4.78 is 4.55. The summed E-state index contributed by atoms with van der Waals surface area (Å²) in [5, 5.41) is 9.71. The molecule has 0 amide bonds. The number of allylic oxidation sites excluding steroid dienone is 7. The van der Waals surface area contributed by atoms with Gasteiger partial charge in [0.15, 0.2) is 0 Å². The second-order valence-corrected chi connectivity index (χ2v) is 5.82. The van der Waals surface area contributed by atoms with Gasteiger partial charge in [-0.25, -0.2) is 0 Å². The lowest BCUT2D eigenvalue weighted by Crippen LogP contribution is -2.05. The van der Waals surface area contributed by atoms with Crippen LogP contribution in [-0.4, -0.2) is 24.3 Å². The summed E-state index contributed by atoms with van der Waals surface area (Å²) in [4.78, 5) is 10.9. The molecule has 0 rings (SSSR count). The Labute approximate surface area is 147 Å². The number of methoxy groups -OCH3 is 1. The highest BCUT2D eigenvalue weighted by Gasteiger charge is 2.02. The lowest BCUT2D eigenvalue weighted by atomic mass is 10.1. The molecule has 0 aromatic heterocycles. The van der Waals surface area contributed by atoms with Gasteiger partial charge < -0.3 is 9.84 Å². The van der Waals surface area contributed by atoms with Crippen molar-refractivity contribution < 1.29 is 14.6 Å². The molecular formula is C21H34O3. The fourth-order valence-electron chi connectivity index (χ4n) is 2.14. The maximum atomic E-state index is 10.9. The molecule has 136 valence electrons. The molecule has 0 heterocycles. The monoisotopic (exact) mass is 334 g/mol. The van der Waals surface area contributed by atoms with Gasteiger partial charge in [-0.15, -0.1) is 0 Å². The summed E-state index contributed by atoms with van der Waals surface area (Å²) in [6.45, 7) is 2.24. The molecule has 1 atom stereocenters. The van der Waals surface area contributed by atoms with Gasteiger partial charge in [-0.2, -0.15) is 0 Å². The Kier molecular flexibility index (Phi) is 16.5. The topological polar surface area (TPSA) is 46.5 Å². The van der Waals surface area contributed by atoms with Gasteiger partial charge >= 0.3 is 5.97 Å². The number of ether oxygens (including phenoxy) is 1. The standard InChI is InChI=1S/C21H34O3/c1-3-4-5-6-7-8-9-10-11-12-13-14-15-17-20(22)18-16-19-21(23)24-2/h9-15,17,20,22H,3-8,16,18-19H2,1-2H3/b10-9+,12-11+,14-13-,17-15+/t20-/m1/s1. The molecule has 0 spiro atoms. The Balaban J connectivity index is 3.65. The van der Waals surface area contributed by atoms with E-state index in [1.807, 2.05) is 30.4 Å². The zero-order chi connectivity index (χ0) is 17.9. The minimum atomic E-state index is -0.518. The number of carbonyl (C=O) groups excluding carboxylic acids is 1.